The summed E-state index contributed by atoms with van der Waals surface area (Å²) in [6.45, 7) is 7.11. The van der Waals surface area contributed by atoms with E-state index in [1.54, 1.807) is 0 Å². The van der Waals surface area contributed by atoms with Crippen LogP contribution in [-0.4, -0.2) is 18.4 Å². The zero-order chi connectivity index (χ0) is 24.5. The third kappa shape index (κ3) is 6.32. The fourth-order valence-corrected chi connectivity index (χ4v) is 25.6. The average molecular weight is 590 g/mol. The van der Waals surface area contributed by atoms with Gasteiger partial charge in [0.25, 0.3) is 0 Å². The number of unbranched alkanes of at least 4 members (excludes halogenated alkanes) is 3. The Morgan fingerprint density at radius 3 is 1.60 bits per heavy atom. The van der Waals surface area contributed by atoms with E-state index < -0.39 is 18.4 Å². The van der Waals surface area contributed by atoms with Gasteiger partial charge in [0.2, 0.25) is 0 Å². The third-order valence-electron chi connectivity index (χ3n) is 7.34. The quantitative estimate of drug-likeness (QED) is 0.140. The van der Waals surface area contributed by atoms with Crippen LogP contribution in [0.5, 0.6) is 0 Å². The first-order chi connectivity index (χ1) is 17.2. The van der Waals surface area contributed by atoms with Crippen LogP contribution in [0.3, 0.4) is 0 Å². The summed E-state index contributed by atoms with van der Waals surface area (Å²) in [7, 11) is 0. The summed E-state index contributed by atoms with van der Waals surface area (Å²) in [6.07, 6.45) is 8.23. The van der Waals surface area contributed by atoms with Crippen molar-refractivity contribution in [3.63, 3.8) is 0 Å². The third-order valence-corrected chi connectivity index (χ3v) is 26.6. The zero-order valence-electron chi connectivity index (χ0n) is 21.8. The van der Waals surface area contributed by atoms with Crippen molar-refractivity contribution in [1.82, 2.24) is 0 Å². The number of para-hydroxylation sites is 2. The molecule has 1 heterocycles. The molecular formula is C32H41NSSn. The van der Waals surface area contributed by atoms with Crippen molar-refractivity contribution in [2.24, 2.45) is 0 Å². The van der Waals surface area contributed by atoms with Gasteiger partial charge in [0, 0.05) is 0 Å². The molecule has 1 aromatic heterocycles. The van der Waals surface area contributed by atoms with E-state index in [1.165, 1.54) is 79.0 Å². The SMILES string of the molecule is CCC[CH2][Sn]([CH2]CCC)([CH2]CCC)[c]1cc2ccc(N(c3ccccc3)c3ccccc3)cc2s1. The Balaban J connectivity index is 1.77. The predicted molar refractivity (Wildman–Crippen MR) is 161 cm³/mol. The summed E-state index contributed by atoms with van der Waals surface area (Å²) < 4.78 is 7.88. The number of thiophene rings is 1. The van der Waals surface area contributed by atoms with Gasteiger partial charge >= 0.3 is 222 Å². The van der Waals surface area contributed by atoms with Crippen LogP contribution in [0.2, 0.25) is 13.3 Å². The normalized spacial score (nSPS) is 11.7. The van der Waals surface area contributed by atoms with Crippen molar-refractivity contribution in [2.45, 2.75) is 72.6 Å². The second-order valence-corrected chi connectivity index (χ2v) is 25.2. The second kappa shape index (κ2) is 13.0. The average Bonchev–Trinajstić information content (AvgIpc) is 3.34. The van der Waals surface area contributed by atoms with Crippen LogP contribution in [0.1, 0.15) is 59.3 Å². The molecule has 0 fully saturated rings. The first kappa shape index (κ1) is 26.3. The van der Waals surface area contributed by atoms with E-state index in [0.29, 0.717) is 0 Å². The molecule has 1 nitrogen and oxygen atoms in total. The van der Waals surface area contributed by atoms with Crippen LogP contribution < -0.4 is 7.79 Å². The van der Waals surface area contributed by atoms with Crippen LogP contribution >= 0.6 is 11.3 Å². The topological polar surface area (TPSA) is 3.24 Å². The number of rotatable bonds is 13. The molecule has 0 saturated heterocycles. The monoisotopic (exact) mass is 591 g/mol. The molecule has 35 heavy (non-hydrogen) atoms. The Morgan fingerprint density at radius 1 is 0.600 bits per heavy atom. The first-order valence-electron chi connectivity index (χ1n) is 13.6. The van der Waals surface area contributed by atoms with Crippen LogP contribution in [0.4, 0.5) is 17.1 Å². The van der Waals surface area contributed by atoms with E-state index in [1.807, 2.05) is 2.89 Å². The van der Waals surface area contributed by atoms with Gasteiger partial charge < -0.3 is 0 Å². The summed E-state index contributed by atoms with van der Waals surface area (Å²) in [4.78, 5) is 2.39. The fourth-order valence-electron chi connectivity index (χ4n) is 5.31. The van der Waals surface area contributed by atoms with Crippen molar-refractivity contribution in [3.8, 4) is 0 Å². The van der Waals surface area contributed by atoms with E-state index in [0.717, 1.165) is 0 Å². The maximum absolute atomic E-state index is 2.62. The van der Waals surface area contributed by atoms with Crippen molar-refractivity contribution >= 4 is 59.8 Å². The Morgan fingerprint density at radius 2 is 1.11 bits per heavy atom. The van der Waals surface area contributed by atoms with Gasteiger partial charge in [-0.05, 0) is 0 Å². The zero-order valence-corrected chi connectivity index (χ0v) is 25.5. The Labute approximate surface area is 221 Å². The van der Waals surface area contributed by atoms with Crippen LogP contribution in [-0.2, 0) is 0 Å². The Kier molecular flexibility index (Phi) is 9.74. The minimum absolute atomic E-state index is 1.21. The Hall–Kier alpha value is -1.78. The molecule has 0 bridgehead atoms. The molecule has 0 aliphatic heterocycles. The van der Waals surface area contributed by atoms with E-state index in [2.05, 4.69) is 122 Å². The molecule has 0 aliphatic rings. The van der Waals surface area contributed by atoms with E-state index in [4.69, 9.17) is 0 Å². The minimum atomic E-state index is -2.42. The molecule has 0 amide bonds. The summed E-state index contributed by atoms with van der Waals surface area (Å²) in [5.41, 5.74) is 3.66. The molecule has 0 aliphatic carbocycles. The number of hydrogen-bond acceptors (Lipinski definition) is 2. The van der Waals surface area contributed by atoms with E-state index in [9.17, 15) is 0 Å². The summed E-state index contributed by atoms with van der Waals surface area (Å²) in [6, 6.07) is 31.3. The van der Waals surface area contributed by atoms with Gasteiger partial charge in [0.05, 0.1) is 0 Å². The summed E-state index contributed by atoms with van der Waals surface area (Å²) >= 11 is -0.274. The first-order valence-corrected chi connectivity index (χ1v) is 21.9. The molecule has 0 radical (unpaired) electrons. The molecule has 0 unspecified atom stereocenters. The number of nitrogens with zero attached hydrogens (tertiary/aromatic N) is 1. The van der Waals surface area contributed by atoms with Gasteiger partial charge in [-0.2, -0.15) is 0 Å². The number of anilines is 3. The van der Waals surface area contributed by atoms with Gasteiger partial charge in [0.1, 0.15) is 0 Å². The summed E-state index contributed by atoms with van der Waals surface area (Å²) in [5.74, 6) is 0. The van der Waals surface area contributed by atoms with Crippen molar-refractivity contribution in [1.29, 1.82) is 0 Å². The van der Waals surface area contributed by atoms with E-state index in [-0.39, 0.29) is 0 Å². The number of hydrogen-bond donors (Lipinski definition) is 0. The molecule has 0 atom stereocenters. The Bertz CT molecular complexity index is 1110. The van der Waals surface area contributed by atoms with Gasteiger partial charge in [-0.15, -0.1) is 0 Å². The molecule has 3 heteroatoms. The molecule has 0 saturated carbocycles. The van der Waals surface area contributed by atoms with Crippen LogP contribution in [0, 0.1) is 0 Å². The molecule has 4 rings (SSSR count). The fraction of sp³-hybridized carbons (Fsp3) is 0.375. The molecule has 0 N–H and O–H groups in total. The van der Waals surface area contributed by atoms with Crippen molar-refractivity contribution < 1.29 is 0 Å². The maximum atomic E-state index is 2.62. The van der Waals surface area contributed by atoms with Gasteiger partial charge in [0.15, 0.2) is 0 Å². The van der Waals surface area contributed by atoms with Crippen LogP contribution in [0.15, 0.2) is 84.9 Å². The van der Waals surface area contributed by atoms with Gasteiger partial charge in [-0.25, -0.2) is 0 Å². The van der Waals surface area contributed by atoms with Crippen molar-refractivity contribution in [2.75, 3.05) is 4.90 Å². The molecular weight excluding hydrogens is 549 g/mol. The number of fused-ring (bicyclic) bond motifs is 1. The van der Waals surface area contributed by atoms with E-state index >= 15 is 0 Å². The van der Waals surface area contributed by atoms with Gasteiger partial charge in [-0.1, -0.05) is 0 Å². The standard InChI is InChI=1S/C20H14NS.3C4H9.Sn/c1-3-7-17(8-4-1)21(18-9-5-2-6-10-18)19-12-11-16-13-14-22-20(16)15-19;3*1-3-4-2;/h1-13,15H;3*1,3-4H2,2H3;. The molecule has 0 spiro atoms. The number of benzene rings is 3. The van der Waals surface area contributed by atoms with Crippen LogP contribution in [0.25, 0.3) is 10.1 Å². The molecule has 184 valence electrons. The predicted octanol–water partition coefficient (Wildman–Crippen LogP) is 10.4. The van der Waals surface area contributed by atoms with Gasteiger partial charge in [-0.3, -0.25) is 0 Å². The molecule has 3 aromatic carbocycles. The molecule has 4 aromatic rings. The van der Waals surface area contributed by atoms with Crippen molar-refractivity contribution in [3.05, 3.63) is 84.9 Å². The summed E-state index contributed by atoms with van der Waals surface area (Å²) in [5, 5.41) is 1.44. The second-order valence-electron chi connectivity index (χ2n) is 9.93.